The molecule has 0 saturated carbocycles. The Morgan fingerprint density at radius 1 is 0.900 bits per heavy atom. The van der Waals surface area contributed by atoms with Crippen LogP contribution in [0, 0.1) is 5.92 Å². The Morgan fingerprint density at radius 3 is 2.47 bits per heavy atom. The van der Waals surface area contributed by atoms with Gasteiger partial charge in [0.05, 0.1) is 6.04 Å². The Labute approximate surface area is 178 Å². The minimum absolute atomic E-state index is 0.207. The third kappa shape index (κ3) is 4.24. The Balaban J connectivity index is 1.26. The predicted molar refractivity (Wildman–Crippen MR) is 120 cm³/mol. The van der Waals surface area contributed by atoms with Gasteiger partial charge in [0.25, 0.3) is 0 Å². The van der Waals surface area contributed by atoms with Crippen molar-refractivity contribution in [3.05, 3.63) is 102 Å². The van der Waals surface area contributed by atoms with Gasteiger partial charge in [0.1, 0.15) is 12.4 Å². The van der Waals surface area contributed by atoms with Crippen LogP contribution < -0.4 is 10.2 Å². The zero-order chi connectivity index (χ0) is 20.2. The Kier molecular flexibility index (Phi) is 5.49. The molecule has 1 fully saturated rings. The molecule has 30 heavy (non-hydrogen) atoms. The fourth-order valence-electron chi connectivity index (χ4n) is 4.44. The van der Waals surface area contributed by atoms with Crippen molar-refractivity contribution in [2.75, 3.05) is 13.1 Å². The molecule has 5 rings (SSSR count). The molecule has 4 nitrogen and oxygen atoms in total. The predicted octanol–water partition coefficient (Wildman–Crippen LogP) is 4.79. The third-order valence-electron chi connectivity index (χ3n) is 6.03. The maximum Gasteiger partial charge on any atom is 0.120 e. The van der Waals surface area contributed by atoms with E-state index in [2.05, 4.69) is 76.1 Å². The zero-order valence-corrected chi connectivity index (χ0v) is 17.1. The fraction of sp³-hybridized carbons (Fsp3) is 0.269. The van der Waals surface area contributed by atoms with Gasteiger partial charge in [-0.15, -0.1) is 0 Å². The number of hydrogen-bond donors (Lipinski definition) is 1. The second-order valence-corrected chi connectivity index (χ2v) is 8.13. The van der Waals surface area contributed by atoms with Gasteiger partial charge in [-0.2, -0.15) is 5.10 Å². The van der Waals surface area contributed by atoms with Crippen LogP contribution in [0.4, 0.5) is 0 Å². The van der Waals surface area contributed by atoms with Gasteiger partial charge in [-0.3, -0.25) is 4.90 Å². The van der Waals surface area contributed by atoms with Gasteiger partial charge in [0.2, 0.25) is 0 Å². The van der Waals surface area contributed by atoms with Crippen molar-refractivity contribution >= 4 is 5.71 Å². The van der Waals surface area contributed by atoms with E-state index >= 15 is 0 Å². The van der Waals surface area contributed by atoms with Crippen molar-refractivity contribution in [2.24, 2.45) is 11.0 Å². The van der Waals surface area contributed by atoms with Crippen molar-refractivity contribution in [3.63, 3.8) is 0 Å². The molecule has 0 spiro atoms. The van der Waals surface area contributed by atoms with Crippen molar-refractivity contribution in [2.45, 2.75) is 25.6 Å². The molecule has 0 aromatic heterocycles. The molecule has 1 N–H and O–H groups in total. The van der Waals surface area contributed by atoms with E-state index in [1.807, 2.05) is 24.3 Å². The highest BCUT2D eigenvalue weighted by atomic mass is 16.5. The number of ether oxygens (including phenoxy) is 1. The number of rotatable bonds is 6. The summed E-state index contributed by atoms with van der Waals surface area (Å²) in [7, 11) is 0. The van der Waals surface area contributed by atoms with Crippen LogP contribution in [0.15, 0.2) is 90.0 Å². The number of nitrogens with zero attached hydrogens (tertiary/aromatic N) is 2. The molecule has 4 heteroatoms. The van der Waals surface area contributed by atoms with Gasteiger partial charge in [-0.05, 0) is 28.8 Å². The van der Waals surface area contributed by atoms with Gasteiger partial charge >= 0.3 is 0 Å². The third-order valence-corrected chi connectivity index (χ3v) is 6.03. The minimum atomic E-state index is 0.207. The van der Waals surface area contributed by atoms with Crippen LogP contribution in [0.25, 0.3) is 0 Å². The quantitative estimate of drug-likeness (QED) is 0.650. The number of nitrogens with one attached hydrogen (secondary N) is 1. The number of fused-ring (bicyclic) bond motifs is 1. The zero-order valence-electron chi connectivity index (χ0n) is 17.1. The lowest BCUT2D eigenvalue weighted by atomic mass is 9.86. The number of piperidine rings is 1. The number of hydrogen-bond acceptors (Lipinski definition) is 4. The lowest BCUT2D eigenvalue weighted by Gasteiger charge is -2.33. The molecule has 2 unspecified atom stereocenters. The lowest BCUT2D eigenvalue weighted by molar-refractivity contribution is 0.220. The first kappa shape index (κ1) is 18.9. The maximum atomic E-state index is 6.05. The minimum Gasteiger partial charge on any atom is -0.489 e. The second kappa shape index (κ2) is 8.72. The van der Waals surface area contributed by atoms with Gasteiger partial charge in [-0.1, -0.05) is 72.8 Å². The molecule has 1 saturated heterocycles. The van der Waals surface area contributed by atoms with E-state index in [1.54, 1.807) is 0 Å². The molecule has 0 aliphatic carbocycles. The smallest absolute Gasteiger partial charge is 0.120 e. The highest BCUT2D eigenvalue weighted by molar-refractivity contribution is 5.89. The molecule has 2 heterocycles. The van der Waals surface area contributed by atoms with Crippen molar-refractivity contribution in [1.82, 2.24) is 10.3 Å². The first-order valence-corrected chi connectivity index (χ1v) is 10.7. The Morgan fingerprint density at radius 2 is 1.67 bits per heavy atom. The molecule has 0 radical (unpaired) electrons. The highest BCUT2D eigenvalue weighted by Crippen LogP contribution is 2.34. The molecule has 2 aliphatic rings. The van der Waals surface area contributed by atoms with Gasteiger partial charge in [0, 0.05) is 37.7 Å². The molecular formula is C26H27N3O. The summed E-state index contributed by atoms with van der Waals surface area (Å²) in [6, 6.07) is 29.7. The van der Waals surface area contributed by atoms with Crippen molar-refractivity contribution in [1.29, 1.82) is 0 Å². The van der Waals surface area contributed by atoms with Crippen LogP contribution in [0.1, 0.15) is 29.2 Å². The molecule has 2 atom stereocenters. The van der Waals surface area contributed by atoms with Gasteiger partial charge in [0.15, 0.2) is 0 Å². The van der Waals surface area contributed by atoms with Crippen LogP contribution in [-0.2, 0) is 13.2 Å². The van der Waals surface area contributed by atoms with Crippen molar-refractivity contribution in [3.8, 4) is 5.75 Å². The average molecular weight is 398 g/mol. The molecule has 0 amide bonds. The standard InChI is InChI=1S/C26H27N3O/c1-3-8-20(9-4-1)17-29-15-14-25-24(18-29)26(28-27-25)22-12-7-13-23(16-22)30-19-21-10-5-2-6-11-21/h1-13,16,24,26,28H,14-15,17-19H2. The van der Waals surface area contributed by atoms with E-state index in [1.165, 1.54) is 22.4 Å². The van der Waals surface area contributed by atoms with E-state index < -0.39 is 0 Å². The largest absolute Gasteiger partial charge is 0.489 e. The van der Waals surface area contributed by atoms with E-state index in [9.17, 15) is 0 Å². The monoisotopic (exact) mass is 397 g/mol. The summed E-state index contributed by atoms with van der Waals surface area (Å²) in [5.74, 6) is 1.32. The number of likely N-dealkylation sites (tertiary alicyclic amines) is 1. The molecule has 3 aromatic rings. The van der Waals surface area contributed by atoms with E-state index in [4.69, 9.17) is 4.74 Å². The first-order chi connectivity index (χ1) is 14.8. The van der Waals surface area contributed by atoms with Crippen molar-refractivity contribution < 1.29 is 4.74 Å². The normalized spacial score (nSPS) is 20.9. The van der Waals surface area contributed by atoms with E-state index in [-0.39, 0.29) is 6.04 Å². The van der Waals surface area contributed by atoms with E-state index in [0.717, 1.165) is 31.8 Å². The Bertz CT molecular complexity index is 1000. The fourth-order valence-corrected chi connectivity index (χ4v) is 4.44. The summed E-state index contributed by atoms with van der Waals surface area (Å²) in [6.07, 6.45) is 1.03. The summed E-state index contributed by atoms with van der Waals surface area (Å²) in [4.78, 5) is 2.55. The molecule has 0 bridgehead atoms. The van der Waals surface area contributed by atoms with Crippen LogP contribution >= 0.6 is 0 Å². The summed E-state index contributed by atoms with van der Waals surface area (Å²) in [6.45, 7) is 3.68. The summed E-state index contributed by atoms with van der Waals surface area (Å²) >= 11 is 0. The molecular weight excluding hydrogens is 370 g/mol. The van der Waals surface area contributed by atoms with Gasteiger partial charge < -0.3 is 10.2 Å². The van der Waals surface area contributed by atoms with Crippen LogP contribution in [0.3, 0.4) is 0 Å². The summed E-state index contributed by atoms with van der Waals surface area (Å²) in [5.41, 5.74) is 8.50. The number of benzene rings is 3. The topological polar surface area (TPSA) is 36.9 Å². The second-order valence-electron chi connectivity index (χ2n) is 8.13. The first-order valence-electron chi connectivity index (χ1n) is 10.7. The van der Waals surface area contributed by atoms with E-state index in [0.29, 0.717) is 12.5 Å². The SMILES string of the molecule is c1ccc(COc2cccc(C3NN=C4CCN(Cc5ccccc5)CC43)c2)cc1. The molecule has 152 valence electrons. The summed E-state index contributed by atoms with van der Waals surface area (Å²) in [5, 5.41) is 4.68. The van der Waals surface area contributed by atoms with Gasteiger partial charge in [-0.25, -0.2) is 0 Å². The van der Waals surface area contributed by atoms with Crippen LogP contribution in [0.2, 0.25) is 0 Å². The summed E-state index contributed by atoms with van der Waals surface area (Å²) < 4.78 is 6.05. The Hall–Kier alpha value is -3.11. The molecule has 3 aromatic carbocycles. The highest BCUT2D eigenvalue weighted by Gasteiger charge is 2.37. The lowest BCUT2D eigenvalue weighted by Crippen LogP contribution is -2.41. The molecule has 2 aliphatic heterocycles. The average Bonchev–Trinajstić information content (AvgIpc) is 3.23. The van der Waals surface area contributed by atoms with Crippen LogP contribution in [0.5, 0.6) is 5.75 Å². The number of hydrazone groups is 1. The maximum absolute atomic E-state index is 6.05. The van der Waals surface area contributed by atoms with Crippen LogP contribution in [-0.4, -0.2) is 23.7 Å².